The first-order chi connectivity index (χ1) is 9.58. The Kier molecular flexibility index (Phi) is 4.57. The van der Waals surface area contributed by atoms with Crippen LogP contribution in [0.3, 0.4) is 0 Å². The molecule has 1 heterocycles. The maximum Gasteiger partial charge on any atom is 0.343 e. The molecule has 20 heavy (non-hydrogen) atoms. The molecule has 6 nitrogen and oxygen atoms in total. The fourth-order valence-electron chi connectivity index (χ4n) is 1.67. The molecule has 2 aromatic rings. The van der Waals surface area contributed by atoms with E-state index in [2.05, 4.69) is 10.2 Å². The number of benzene rings is 1. The average Bonchev–Trinajstić information content (AvgIpc) is 2.76. The van der Waals surface area contributed by atoms with Gasteiger partial charge in [0.1, 0.15) is 5.82 Å². The van der Waals surface area contributed by atoms with Gasteiger partial charge in [0.2, 0.25) is 0 Å². The number of carbonyl (C=O) groups is 1. The maximum atomic E-state index is 13.5. The Labute approximate surface area is 117 Å². The summed E-state index contributed by atoms with van der Waals surface area (Å²) in [5.74, 6) is -1.51. The molecule has 0 aliphatic rings. The number of carboxylic acids is 1. The van der Waals surface area contributed by atoms with Crippen LogP contribution in [0.15, 0.2) is 34.2 Å². The minimum Gasteiger partial charge on any atom is -0.481 e. The van der Waals surface area contributed by atoms with E-state index in [0.29, 0.717) is 12.0 Å². The molecule has 0 amide bonds. The van der Waals surface area contributed by atoms with Crippen molar-refractivity contribution in [1.82, 2.24) is 14.8 Å². The van der Waals surface area contributed by atoms with Crippen LogP contribution in [0.2, 0.25) is 0 Å². The molecular formula is C12H12FN3O3S. The Balaban J connectivity index is 2.09. The molecule has 0 spiro atoms. The Hall–Kier alpha value is -2.09. The standard InChI is InChI=1S/C12H12FN3O3S/c13-9-4-2-1-3-8(9)5-6-16-11(19)14-15-12(16)20-7-10(17)18/h1-4H,5-7H2,(H,14,19)(H,17,18). The van der Waals surface area contributed by atoms with Crippen LogP contribution in [-0.2, 0) is 17.8 Å². The van der Waals surface area contributed by atoms with Crippen molar-refractivity contribution in [1.29, 1.82) is 0 Å². The zero-order chi connectivity index (χ0) is 14.5. The van der Waals surface area contributed by atoms with Crippen molar-refractivity contribution in [2.45, 2.75) is 18.1 Å². The highest BCUT2D eigenvalue weighted by atomic mass is 32.2. The zero-order valence-corrected chi connectivity index (χ0v) is 11.2. The van der Waals surface area contributed by atoms with Crippen LogP contribution in [0, 0.1) is 5.82 Å². The summed E-state index contributed by atoms with van der Waals surface area (Å²) in [7, 11) is 0. The highest BCUT2D eigenvalue weighted by Gasteiger charge is 2.11. The van der Waals surface area contributed by atoms with E-state index < -0.39 is 11.7 Å². The number of hydrogen-bond acceptors (Lipinski definition) is 4. The Bertz CT molecular complexity index is 668. The lowest BCUT2D eigenvalue weighted by Crippen LogP contribution is -2.19. The van der Waals surface area contributed by atoms with E-state index in [1.54, 1.807) is 18.2 Å². The molecule has 0 radical (unpaired) electrons. The highest BCUT2D eigenvalue weighted by molar-refractivity contribution is 7.99. The van der Waals surface area contributed by atoms with E-state index in [4.69, 9.17) is 5.11 Å². The molecule has 0 saturated heterocycles. The van der Waals surface area contributed by atoms with E-state index in [1.807, 2.05) is 0 Å². The predicted molar refractivity (Wildman–Crippen MR) is 71.3 cm³/mol. The molecule has 0 fully saturated rings. The predicted octanol–water partition coefficient (Wildman–Crippen LogP) is 1.13. The third kappa shape index (κ3) is 3.47. The SMILES string of the molecule is O=C(O)CSc1n[nH]c(=O)n1CCc1ccccc1F. The lowest BCUT2D eigenvalue weighted by Gasteiger charge is -2.05. The van der Waals surface area contributed by atoms with Gasteiger partial charge in [0, 0.05) is 6.54 Å². The van der Waals surface area contributed by atoms with Gasteiger partial charge in [0.15, 0.2) is 5.16 Å². The summed E-state index contributed by atoms with van der Waals surface area (Å²) in [6.07, 6.45) is 0.326. The number of nitrogens with one attached hydrogen (secondary N) is 1. The van der Waals surface area contributed by atoms with Gasteiger partial charge in [-0.25, -0.2) is 14.3 Å². The van der Waals surface area contributed by atoms with Gasteiger partial charge in [-0.3, -0.25) is 9.36 Å². The van der Waals surface area contributed by atoms with Crippen molar-refractivity contribution in [2.75, 3.05) is 5.75 Å². The van der Waals surface area contributed by atoms with Crippen molar-refractivity contribution < 1.29 is 14.3 Å². The minimum atomic E-state index is -0.994. The number of rotatable bonds is 6. The molecule has 2 rings (SSSR count). The second-order valence-corrected chi connectivity index (χ2v) is 4.93. The summed E-state index contributed by atoms with van der Waals surface area (Å²) in [6.45, 7) is 0.234. The van der Waals surface area contributed by atoms with Gasteiger partial charge in [0.05, 0.1) is 5.75 Å². The Morgan fingerprint density at radius 2 is 2.20 bits per heavy atom. The van der Waals surface area contributed by atoms with E-state index in [0.717, 1.165) is 11.8 Å². The van der Waals surface area contributed by atoms with Crippen molar-refractivity contribution in [3.63, 3.8) is 0 Å². The van der Waals surface area contributed by atoms with Gasteiger partial charge in [-0.15, -0.1) is 5.10 Å². The first kappa shape index (κ1) is 14.3. The van der Waals surface area contributed by atoms with Gasteiger partial charge in [-0.1, -0.05) is 30.0 Å². The number of carboxylic acid groups (broad SMARTS) is 1. The van der Waals surface area contributed by atoms with Gasteiger partial charge >= 0.3 is 11.7 Å². The molecule has 106 valence electrons. The largest absolute Gasteiger partial charge is 0.481 e. The molecule has 1 aromatic heterocycles. The number of aryl methyl sites for hydroxylation is 1. The number of aliphatic carboxylic acids is 1. The van der Waals surface area contributed by atoms with Crippen LogP contribution in [0.25, 0.3) is 0 Å². The molecular weight excluding hydrogens is 285 g/mol. The molecule has 0 unspecified atom stereocenters. The number of halogens is 1. The first-order valence-electron chi connectivity index (χ1n) is 5.81. The highest BCUT2D eigenvalue weighted by Crippen LogP contribution is 2.14. The normalized spacial score (nSPS) is 10.7. The summed E-state index contributed by atoms with van der Waals surface area (Å²) in [6, 6.07) is 6.31. The fourth-order valence-corrected chi connectivity index (χ4v) is 2.36. The van der Waals surface area contributed by atoms with Gasteiger partial charge in [-0.05, 0) is 18.1 Å². The molecule has 0 saturated carbocycles. The van der Waals surface area contributed by atoms with Crippen LogP contribution >= 0.6 is 11.8 Å². The van der Waals surface area contributed by atoms with Gasteiger partial charge in [-0.2, -0.15) is 0 Å². The molecule has 0 aliphatic carbocycles. The van der Waals surface area contributed by atoms with Crippen LogP contribution in [0.4, 0.5) is 4.39 Å². The minimum absolute atomic E-state index is 0.190. The van der Waals surface area contributed by atoms with Crippen LogP contribution < -0.4 is 5.69 Å². The average molecular weight is 297 g/mol. The van der Waals surface area contributed by atoms with Crippen LogP contribution in [-0.4, -0.2) is 31.6 Å². The first-order valence-corrected chi connectivity index (χ1v) is 6.79. The number of nitrogens with zero attached hydrogens (tertiary/aromatic N) is 2. The van der Waals surface area contributed by atoms with Crippen molar-refractivity contribution >= 4 is 17.7 Å². The molecule has 8 heteroatoms. The van der Waals surface area contributed by atoms with E-state index in [1.165, 1.54) is 10.6 Å². The summed E-state index contributed by atoms with van der Waals surface area (Å²) in [5, 5.41) is 14.9. The molecule has 1 aromatic carbocycles. The monoisotopic (exact) mass is 297 g/mol. The summed E-state index contributed by atoms with van der Waals surface area (Å²) >= 11 is 0.943. The fraction of sp³-hybridized carbons (Fsp3) is 0.250. The van der Waals surface area contributed by atoms with Crippen molar-refractivity contribution in [3.8, 4) is 0 Å². The second-order valence-electron chi connectivity index (χ2n) is 3.99. The van der Waals surface area contributed by atoms with Crippen LogP contribution in [0.5, 0.6) is 0 Å². The van der Waals surface area contributed by atoms with E-state index in [9.17, 15) is 14.0 Å². The van der Waals surface area contributed by atoms with Gasteiger partial charge < -0.3 is 5.11 Å². The van der Waals surface area contributed by atoms with Crippen molar-refractivity contribution in [3.05, 3.63) is 46.1 Å². The van der Waals surface area contributed by atoms with E-state index >= 15 is 0 Å². The number of aromatic nitrogens is 3. The lowest BCUT2D eigenvalue weighted by molar-refractivity contribution is -0.133. The van der Waals surface area contributed by atoms with Crippen molar-refractivity contribution in [2.24, 2.45) is 0 Å². The third-order valence-corrected chi connectivity index (χ3v) is 3.57. The third-order valence-electron chi connectivity index (χ3n) is 2.61. The number of hydrogen-bond donors (Lipinski definition) is 2. The topological polar surface area (TPSA) is 88.0 Å². The van der Waals surface area contributed by atoms with E-state index in [-0.39, 0.29) is 23.3 Å². The second kappa shape index (κ2) is 6.38. The summed E-state index contributed by atoms with van der Waals surface area (Å²) < 4.78 is 14.8. The van der Waals surface area contributed by atoms with Gasteiger partial charge in [0.25, 0.3) is 0 Å². The Morgan fingerprint density at radius 3 is 2.90 bits per heavy atom. The quantitative estimate of drug-likeness (QED) is 0.780. The molecule has 0 atom stereocenters. The zero-order valence-electron chi connectivity index (χ0n) is 10.4. The summed E-state index contributed by atoms with van der Waals surface area (Å²) in [4.78, 5) is 22.1. The lowest BCUT2D eigenvalue weighted by atomic mass is 10.1. The molecule has 0 bridgehead atoms. The summed E-state index contributed by atoms with van der Waals surface area (Å²) in [5.41, 5.74) is 0.0593. The Morgan fingerprint density at radius 1 is 1.45 bits per heavy atom. The number of H-pyrrole nitrogens is 1. The smallest absolute Gasteiger partial charge is 0.343 e. The van der Waals surface area contributed by atoms with Crippen LogP contribution in [0.1, 0.15) is 5.56 Å². The maximum absolute atomic E-state index is 13.5. The molecule has 2 N–H and O–H groups in total. The number of thioether (sulfide) groups is 1. The molecule has 0 aliphatic heterocycles. The number of aromatic amines is 1.